The molecule has 0 N–H and O–H groups in total. The van der Waals surface area contributed by atoms with E-state index in [4.69, 9.17) is 23.2 Å². The second-order valence-electron chi connectivity index (χ2n) is 5.27. The van der Waals surface area contributed by atoms with Crippen LogP contribution in [0.4, 0.5) is 0 Å². The van der Waals surface area contributed by atoms with Crippen LogP contribution in [0.25, 0.3) is 0 Å². The zero-order valence-electron chi connectivity index (χ0n) is 10.4. The van der Waals surface area contributed by atoms with E-state index in [9.17, 15) is 0 Å². The van der Waals surface area contributed by atoms with Crippen LogP contribution in [-0.2, 0) is 6.54 Å². The molecule has 1 unspecified atom stereocenters. The first kappa shape index (κ1) is 12.7. The average Bonchev–Trinajstić information content (AvgIpc) is 2.81. The highest BCUT2D eigenvalue weighted by molar-refractivity contribution is 6.35. The third-order valence-electron chi connectivity index (χ3n) is 4.11. The largest absolute Gasteiger partial charge is 0.298 e. The van der Waals surface area contributed by atoms with Gasteiger partial charge in [-0.2, -0.15) is 0 Å². The fourth-order valence-corrected chi connectivity index (χ4v) is 3.62. The first-order chi connectivity index (χ1) is 8.74. The van der Waals surface area contributed by atoms with Crippen LogP contribution in [0.5, 0.6) is 0 Å². The summed E-state index contributed by atoms with van der Waals surface area (Å²) in [6.45, 7) is 5.63. The van der Waals surface area contributed by atoms with Crippen molar-refractivity contribution in [2.24, 2.45) is 0 Å². The molecule has 0 radical (unpaired) electrons. The van der Waals surface area contributed by atoms with Gasteiger partial charge in [0.05, 0.1) is 0 Å². The molecule has 3 rings (SSSR count). The average molecular weight is 285 g/mol. The molecule has 2 nitrogen and oxygen atoms in total. The highest BCUT2D eigenvalue weighted by Crippen LogP contribution is 2.28. The molecule has 0 aromatic heterocycles. The Morgan fingerprint density at radius 1 is 1.11 bits per heavy atom. The van der Waals surface area contributed by atoms with Crippen molar-refractivity contribution in [3.63, 3.8) is 0 Å². The number of nitrogens with zero attached hydrogens (tertiary/aromatic N) is 2. The highest BCUT2D eigenvalue weighted by Gasteiger charge is 2.30. The van der Waals surface area contributed by atoms with E-state index in [0.717, 1.165) is 41.3 Å². The molecule has 0 amide bonds. The molecule has 0 aliphatic carbocycles. The maximum absolute atomic E-state index is 6.24. The molecule has 4 heteroatoms. The molecule has 18 heavy (non-hydrogen) atoms. The van der Waals surface area contributed by atoms with Gasteiger partial charge in [0.25, 0.3) is 0 Å². The van der Waals surface area contributed by atoms with E-state index >= 15 is 0 Å². The van der Waals surface area contributed by atoms with E-state index in [1.54, 1.807) is 0 Å². The molecule has 2 fully saturated rings. The minimum atomic E-state index is 0.750. The summed E-state index contributed by atoms with van der Waals surface area (Å²) in [5.74, 6) is 0. The van der Waals surface area contributed by atoms with E-state index in [2.05, 4.69) is 9.80 Å². The molecule has 0 saturated carbocycles. The maximum atomic E-state index is 6.24. The van der Waals surface area contributed by atoms with Gasteiger partial charge in [0, 0.05) is 47.8 Å². The Bertz CT molecular complexity index is 416. The fraction of sp³-hybridized carbons (Fsp3) is 0.571. The van der Waals surface area contributed by atoms with Crippen molar-refractivity contribution < 1.29 is 0 Å². The summed E-state index contributed by atoms with van der Waals surface area (Å²) in [6, 6.07) is 6.51. The van der Waals surface area contributed by atoms with Crippen LogP contribution in [0, 0.1) is 0 Å². The lowest BCUT2D eigenvalue weighted by Gasteiger charge is -2.37. The van der Waals surface area contributed by atoms with Crippen molar-refractivity contribution in [2.45, 2.75) is 25.4 Å². The predicted octanol–water partition coefficient (Wildman–Crippen LogP) is 3.27. The van der Waals surface area contributed by atoms with Crippen LogP contribution in [-0.4, -0.2) is 42.0 Å². The van der Waals surface area contributed by atoms with Crippen LogP contribution < -0.4 is 0 Å². The van der Waals surface area contributed by atoms with Crippen LogP contribution in [0.3, 0.4) is 0 Å². The summed E-state index contributed by atoms with van der Waals surface area (Å²) >= 11 is 12.5. The minimum Gasteiger partial charge on any atom is -0.298 e. The van der Waals surface area contributed by atoms with Crippen molar-refractivity contribution in [3.8, 4) is 0 Å². The Kier molecular flexibility index (Phi) is 3.81. The van der Waals surface area contributed by atoms with Crippen LogP contribution in [0.2, 0.25) is 10.0 Å². The van der Waals surface area contributed by atoms with Crippen LogP contribution in [0.15, 0.2) is 18.2 Å². The first-order valence-electron chi connectivity index (χ1n) is 6.63. The normalized spacial score (nSPS) is 25.3. The van der Waals surface area contributed by atoms with Gasteiger partial charge in [-0.3, -0.25) is 9.80 Å². The highest BCUT2D eigenvalue weighted by atomic mass is 35.5. The molecule has 0 bridgehead atoms. The van der Waals surface area contributed by atoms with Gasteiger partial charge in [-0.05, 0) is 31.5 Å². The van der Waals surface area contributed by atoms with Gasteiger partial charge in [-0.15, -0.1) is 0 Å². The summed E-state index contributed by atoms with van der Waals surface area (Å²) in [7, 11) is 0. The molecule has 2 aliphatic rings. The number of halogens is 2. The van der Waals surface area contributed by atoms with Gasteiger partial charge >= 0.3 is 0 Å². The van der Waals surface area contributed by atoms with Gasteiger partial charge in [-0.25, -0.2) is 0 Å². The number of benzene rings is 1. The molecule has 2 heterocycles. The number of fused-ring (bicyclic) bond motifs is 1. The van der Waals surface area contributed by atoms with Crippen molar-refractivity contribution in [3.05, 3.63) is 33.8 Å². The Hall–Kier alpha value is -0.280. The monoisotopic (exact) mass is 284 g/mol. The smallest absolute Gasteiger partial charge is 0.0465 e. The predicted molar refractivity (Wildman–Crippen MR) is 76.3 cm³/mol. The van der Waals surface area contributed by atoms with E-state index in [1.807, 2.05) is 18.2 Å². The van der Waals surface area contributed by atoms with Gasteiger partial charge in [0.15, 0.2) is 0 Å². The number of piperazine rings is 1. The quantitative estimate of drug-likeness (QED) is 0.823. The van der Waals surface area contributed by atoms with E-state index in [-0.39, 0.29) is 0 Å². The third kappa shape index (κ3) is 2.53. The summed E-state index contributed by atoms with van der Waals surface area (Å²) in [4.78, 5) is 5.10. The zero-order chi connectivity index (χ0) is 12.5. The van der Waals surface area contributed by atoms with Crippen molar-refractivity contribution >= 4 is 23.2 Å². The van der Waals surface area contributed by atoms with Gasteiger partial charge < -0.3 is 0 Å². The van der Waals surface area contributed by atoms with E-state index in [0.29, 0.717) is 0 Å². The van der Waals surface area contributed by atoms with E-state index < -0.39 is 0 Å². The second-order valence-corrected chi connectivity index (χ2v) is 6.08. The summed E-state index contributed by atoms with van der Waals surface area (Å²) in [5, 5.41) is 1.58. The number of hydrogen-bond donors (Lipinski definition) is 0. The van der Waals surface area contributed by atoms with Gasteiger partial charge in [0.1, 0.15) is 0 Å². The number of hydrogen-bond acceptors (Lipinski definition) is 2. The molecule has 98 valence electrons. The lowest BCUT2D eigenvalue weighted by Crippen LogP contribution is -2.49. The molecular formula is C14H18Cl2N2. The van der Waals surface area contributed by atoms with Gasteiger partial charge in [0.2, 0.25) is 0 Å². The summed E-state index contributed by atoms with van der Waals surface area (Å²) < 4.78 is 0. The molecule has 1 atom stereocenters. The zero-order valence-corrected chi connectivity index (χ0v) is 11.9. The Morgan fingerprint density at radius 2 is 1.89 bits per heavy atom. The summed E-state index contributed by atoms with van der Waals surface area (Å²) in [5.41, 5.74) is 1.08. The topological polar surface area (TPSA) is 6.48 Å². The molecule has 0 spiro atoms. The minimum absolute atomic E-state index is 0.750. The Balaban J connectivity index is 1.69. The van der Waals surface area contributed by atoms with Crippen molar-refractivity contribution in [2.75, 3.05) is 26.2 Å². The van der Waals surface area contributed by atoms with E-state index in [1.165, 1.54) is 25.9 Å². The lowest BCUT2D eigenvalue weighted by atomic mass is 10.1. The third-order valence-corrected chi connectivity index (χ3v) is 4.82. The number of rotatable bonds is 2. The lowest BCUT2D eigenvalue weighted by molar-refractivity contribution is 0.0994. The molecule has 1 aromatic rings. The van der Waals surface area contributed by atoms with Gasteiger partial charge in [-0.1, -0.05) is 29.3 Å². The maximum Gasteiger partial charge on any atom is 0.0465 e. The standard InChI is InChI=1S/C14H18Cl2N2/c15-13-4-1-5-14(16)12(13)10-17-7-8-18-6-2-3-11(18)9-17/h1,4-5,11H,2-3,6-10H2. The Labute approximate surface area is 118 Å². The van der Waals surface area contributed by atoms with Crippen LogP contribution >= 0.6 is 23.2 Å². The van der Waals surface area contributed by atoms with Crippen molar-refractivity contribution in [1.29, 1.82) is 0 Å². The second kappa shape index (κ2) is 5.38. The molecular weight excluding hydrogens is 267 g/mol. The fourth-order valence-electron chi connectivity index (χ4n) is 3.11. The van der Waals surface area contributed by atoms with Crippen LogP contribution in [0.1, 0.15) is 18.4 Å². The molecule has 2 aliphatic heterocycles. The first-order valence-corrected chi connectivity index (χ1v) is 7.39. The SMILES string of the molecule is Clc1cccc(Cl)c1CN1CCN2CCCC2C1. The molecule has 1 aromatic carbocycles. The molecule has 2 saturated heterocycles. The summed E-state index contributed by atoms with van der Waals surface area (Å²) in [6.07, 6.45) is 2.69. The van der Waals surface area contributed by atoms with Crippen molar-refractivity contribution in [1.82, 2.24) is 9.80 Å². The Morgan fingerprint density at radius 3 is 2.67 bits per heavy atom.